The van der Waals surface area contributed by atoms with Gasteiger partial charge in [-0.1, -0.05) is 31.8 Å². The molecule has 0 radical (unpaired) electrons. The van der Waals surface area contributed by atoms with Gasteiger partial charge in [-0.3, -0.25) is 4.79 Å². The molecular formula is C16H26ClN3O2. The van der Waals surface area contributed by atoms with Crippen LogP contribution in [0.25, 0.3) is 0 Å². The highest BCUT2D eigenvalue weighted by Crippen LogP contribution is 2.00. The number of halogens is 1. The Labute approximate surface area is 139 Å². The molecule has 0 aromatic carbocycles. The number of carbonyl (C=O) groups is 1. The van der Waals surface area contributed by atoms with E-state index in [1.165, 1.54) is 6.21 Å². The van der Waals surface area contributed by atoms with Crippen LogP contribution in [-0.2, 0) is 11.3 Å². The molecule has 0 atom stereocenters. The number of aromatic nitrogens is 1. The van der Waals surface area contributed by atoms with Gasteiger partial charge in [0.1, 0.15) is 0 Å². The minimum atomic E-state index is 0. The summed E-state index contributed by atoms with van der Waals surface area (Å²) in [6, 6.07) is 3.67. The highest BCUT2D eigenvalue weighted by Gasteiger charge is 2.17. The summed E-state index contributed by atoms with van der Waals surface area (Å²) in [5, 5.41) is 11.6. The Morgan fingerprint density at radius 2 is 1.95 bits per heavy atom. The van der Waals surface area contributed by atoms with E-state index in [0.717, 1.165) is 44.3 Å². The van der Waals surface area contributed by atoms with Crippen molar-refractivity contribution in [3.05, 3.63) is 30.1 Å². The Kier molecular flexibility index (Phi) is 11.1. The van der Waals surface area contributed by atoms with E-state index in [-0.39, 0.29) is 18.3 Å². The van der Waals surface area contributed by atoms with Crippen molar-refractivity contribution in [2.24, 2.45) is 5.16 Å². The van der Waals surface area contributed by atoms with Crippen molar-refractivity contribution in [3.63, 3.8) is 0 Å². The zero-order valence-corrected chi connectivity index (χ0v) is 14.2. The van der Waals surface area contributed by atoms with E-state index in [2.05, 4.69) is 19.0 Å². The predicted octanol–water partition coefficient (Wildman–Crippen LogP) is -0.785. The summed E-state index contributed by atoms with van der Waals surface area (Å²) < 4.78 is 1.82. The summed E-state index contributed by atoms with van der Waals surface area (Å²) in [6.07, 6.45) is 9.26. The Hall–Kier alpha value is -1.62. The SMILES string of the molecule is CCCCN(CCCC)C(=O)C[n+]1cccc(/C=N/O)c1.[Cl-]. The van der Waals surface area contributed by atoms with Crippen molar-refractivity contribution < 1.29 is 27.0 Å². The average Bonchev–Trinajstić information content (AvgIpc) is 2.48. The van der Waals surface area contributed by atoms with Crippen molar-refractivity contribution >= 4 is 12.1 Å². The molecule has 0 bridgehead atoms. The van der Waals surface area contributed by atoms with Crippen LogP contribution in [0.5, 0.6) is 0 Å². The van der Waals surface area contributed by atoms with Gasteiger partial charge >= 0.3 is 0 Å². The average molecular weight is 328 g/mol. The van der Waals surface area contributed by atoms with Crippen LogP contribution in [0.3, 0.4) is 0 Å². The molecule has 0 aliphatic heterocycles. The molecule has 22 heavy (non-hydrogen) atoms. The normalized spacial score (nSPS) is 10.5. The Morgan fingerprint density at radius 3 is 2.50 bits per heavy atom. The Balaban J connectivity index is 0.00000441. The topological polar surface area (TPSA) is 56.8 Å². The second kappa shape index (κ2) is 12.0. The quantitative estimate of drug-likeness (QED) is 0.280. The van der Waals surface area contributed by atoms with Gasteiger partial charge in [-0.25, -0.2) is 0 Å². The minimum absolute atomic E-state index is 0. The maximum Gasteiger partial charge on any atom is 0.288 e. The van der Waals surface area contributed by atoms with Gasteiger partial charge < -0.3 is 22.5 Å². The summed E-state index contributed by atoms with van der Waals surface area (Å²) in [5.74, 6) is 0.139. The Morgan fingerprint density at radius 1 is 1.32 bits per heavy atom. The smallest absolute Gasteiger partial charge is 0.288 e. The van der Waals surface area contributed by atoms with Crippen LogP contribution in [0, 0.1) is 0 Å². The van der Waals surface area contributed by atoms with Crippen molar-refractivity contribution in [2.45, 2.75) is 46.1 Å². The first-order valence-corrected chi connectivity index (χ1v) is 7.65. The van der Waals surface area contributed by atoms with Crippen LogP contribution in [0.15, 0.2) is 29.7 Å². The van der Waals surface area contributed by atoms with Crippen molar-refractivity contribution in [1.29, 1.82) is 0 Å². The number of carbonyl (C=O) groups excluding carboxylic acids is 1. The largest absolute Gasteiger partial charge is 1.00 e. The molecule has 0 saturated heterocycles. The fourth-order valence-electron chi connectivity index (χ4n) is 2.10. The second-order valence-electron chi connectivity index (χ2n) is 5.14. The van der Waals surface area contributed by atoms with E-state index in [0.29, 0.717) is 6.54 Å². The molecule has 1 heterocycles. The third kappa shape index (κ3) is 7.41. The summed E-state index contributed by atoms with van der Waals surface area (Å²) in [6.45, 7) is 6.24. The second-order valence-corrected chi connectivity index (χ2v) is 5.14. The third-order valence-electron chi connectivity index (χ3n) is 3.32. The lowest BCUT2D eigenvalue weighted by atomic mass is 10.2. The molecule has 0 unspecified atom stereocenters. The lowest BCUT2D eigenvalue weighted by molar-refractivity contribution is -0.685. The minimum Gasteiger partial charge on any atom is -1.00 e. The number of rotatable bonds is 9. The van der Waals surface area contributed by atoms with Crippen LogP contribution in [-0.4, -0.2) is 35.3 Å². The standard InChI is InChI=1S/C16H25N3O2.ClH/c1-3-5-10-19(11-6-4-2)16(20)14-18-9-7-8-15(13-18)12-17-21;/h7-9,12-13H,3-6,10-11,14H2,1-2H3;1H/b17-12+;. The molecule has 1 amide bonds. The summed E-state index contributed by atoms with van der Waals surface area (Å²) in [7, 11) is 0. The van der Waals surface area contributed by atoms with Gasteiger partial charge in [0.25, 0.3) is 5.91 Å². The first-order valence-electron chi connectivity index (χ1n) is 7.65. The number of nitrogens with zero attached hydrogens (tertiary/aromatic N) is 3. The van der Waals surface area contributed by atoms with Gasteiger partial charge in [0, 0.05) is 19.2 Å². The van der Waals surface area contributed by atoms with Gasteiger partial charge in [0.15, 0.2) is 12.4 Å². The van der Waals surface area contributed by atoms with Gasteiger partial charge in [0.05, 0.1) is 11.8 Å². The summed E-state index contributed by atoms with van der Waals surface area (Å²) in [4.78, 5) is 14.4. The van der Waals surface area contributed by atoms with E-state index in [4.69, 9.17) is 5.21 Å². The highest BCUT2D eigenvalue weighted by molar-refractivity contribution is 5.78. The van der Waals surface area contributed by atoms with Crippen LogP contribution < -0.4 is 17.0 Å². The maximum atomic E-state index is 12.4. The molecule has 1 rings (SSSR count). The van der Waals surface area contributed by atoms with E-state index in [9.17, 15) is 4.79 Å². The number of pyridine rings is 1. The monoisotopic (exact) mass is 327 g/mol. The summed E-state index contributed by atoms with van der Waals surface area (Å²) >= 11 is 0. The van der Waals surface area contributed by atoms with Crippen molar-refractivity contribution in [3.8, 4) is 0 Å². The van der Waals surface area contributed by atoms with Gasteiger partial charge in [-0.15, -0.1) is 0 Å². The zero-order valence-electron chi connectivity index (χ0n) is 13.4. The van der Waals surface area contributed by atoms with Crippen LogP contribution >= 0.6 is 0 Å². The van der Waals surface area contributed by atoms with Crippen LogP contribution in [0.2, 0.25) is 0 Å². The molecule has 0 saturated carbocycles. The van der Waals surface area contributed by atoms with Gasteiger partial charge in [0.2, 0.25) is 6.54 Å². The molecule has 124 valence electrons. The number of amides is 1. The first kappa shape index (κ1) is 20.4. The number of oxime groups is 1. The number of unbranched alkanes of at least 4 members (excludes halogenated alkanes) is 2. The number of hydrogen-bond acceptors (Lipinski definition) is 3. The van der Waals surface area contributed by atoms with Gasteiger partial charge in [-0.05, 0) is 18.9 Å². The van der Waals surface area contributed by atoms with Crippen molar-refractivity contribution in [2.75, 3.05) is 13.1 Å². The highest BCUT2D eigenvalue weighted by atomic mass is 35.5. The maximum absolute atomic E-state index is 12.4. The predicted molar refractivity (Wildman–Crippen MR) is 82.4 cm³/mol. The van der Waals surface area contributed by atoms with E-state index >= 15 is 0 Å². The van der Waals surface area contributed by atoms with Crippen LogP contribution in [0.4, 0.5) is 0 Å². The first-order chi connectivity index (χ1) is 10.2. The lowest BCUT2D eigenvalue weighted by Gasteiger charge is -2.20. The van der Waals surface area contributed by atoms with E-state index in [1.54, 1.807) is 6.20 Å². The van der Waals surface area contributed by atoms with E-state index < -0.39 is 0 Å². The van der Waals surface area contributed by atoms with Crippen LogP contribution in [0.1, 0.15) is 45.1 Å². The van der Waals surface area contributed by atoms with E-state index in [1.807, 2.05) is 27.8 Å². The van der Waals surface area contributed by atoms with Crippen molar-refractivity contribution in [1.82, 2.24) is 4.90 Å². The molecule has 0 aliphatic carbocycles. The molecule has 0 spiro atoms. The molecule has 1 N–H and O–H groups in total. The third-order valence-corrected chi connectivity index (χ3v) is 3.32. The summed E-state index contributed by atoms with van der Waals surface area (Å²) in [5.41, 5.74) is 0.765. The molecule has 0 aliphatic rings. The Bertz CT molecular complexity index is 458. The lowest BCUT2D eigenvalue weighted by Crippen LogP contribution is -3.00. The van der Waals surface area contributed by atoms with Gasteiger partial charge in [-0.2, -0.15) is 4.57 Å². The molecule has 1 aromatic rings. The molecule has 0 fully saturated rings. The molecule has 5 nitrogen and oxygen atoms in total. The molecule has 1 aromatic heterocycles. The fourth-order valence-corrected chi connectivity index (χ4v) is 2.10. The molecular weight excluding hydrogens is 302 g/mol. The molecule has 6 heteroatoms. The number of hydrogen-bond donors (Lipinski definition) is 1. The fraction of sp³-hybridized carbons (Fsp3) is 0.562. The zero-order chi connectivity index (χ0) is 15.5.